The molecule has 10 aromatic rings. The van der Waals surface area contributed by atoms with Crippen molar-refractivity contribution in [3.8, 4) is 44.3 Å². The summed E-state index contributed by atoms with van der Waals surface area (Å²) in [6, 6.07) is 39.2. The van der Waals surface area contributed by atoms with Crippen LogP contribution in [0.1, 0.15) is 52.2 Å². The number of benzene rings is 5. The number of para-hydroxylation sites is 2. The Bertz CT molecular complexity index is 3400. The lowest BCUT2D eigenvalue weighted by molar-refractivity contribution is 0.101. The van der Waals surface area contributed by atoms with Gasteiger partial charge in [0.15, 0.2) is 11.6 Å². The van der Waals surface area contributed by atoms with Crippen LogP contribution < -0.4 is 10.6 Å². The summed E-state index contributed by atoms with van der Waals surface area (Å²) < 4.78 is 3.86. The van der Waals surface area contributed by atoms with Crippen LogP contribution in [0, 0.1) is 6.92 Å². The van der Waals surface area contributed by atoms with Crippen LogP contribution in [0.4, 0.5) is 11.4 Å². The molecular weight excluding hydrogens is 892 g/mol. The highest BCUT2D eigenvalue weighted by molar-refractivity contribution is 7.15. The van der Waals surface area contributed by atoms with Gasteiger partial charge in [0, 0.05) is 66.9 Å². The molecule has 10 rings (SSSR count). The maximum absolute atomic E-state index is 13.4. The molecule has 0 spiro atoms. The number of H-pyrrole nitrogens is 2. The summed E-state index contributed by atoms with van der Waals surface area (Å²) in [6.07, 6.45) is 0. The van der Waals surface area contributed by atoms with Crippen LogP contribution in [-0.2, 0) is 19.5 Å². The van der Waals surface area contributed by atoms with Crippen molar-refractivity contribution in [2.45, 2.75) is 33.1 Å². The van der Waals surface area contributed by atoms with Crippen molar-refractivity contribution in [3.05, 3.63) is 153 Å². The van der Waals surface area contributed by atoms with Crippen molar-refractivity contribution in [3.63, 3.8) is 0 Å². The van der Waals surface area contributed by atoms with E-state index in [1.54, 1.807) is 47.7 Å². The van der Waals surface area contributed by atoms with Crippen LogP contribution in [0.3, 0.4) is 0 Å². The average molecular weight is 934 g/mol. The molecule has 0 radical (unpaired) electrons. The Morgan fingerprint density at radius 1 is 0.606 bits per heavy atom. The Balaban J connectivity index is 0.000000167. The third kappa shape index (κ3) is 8.71. The SMILES string of the molecule is Cc1ccc(-c2cccc3cc(C(=O)Nc4ccc(Cl)cc4-c4nnn[nH]4)n(C)c23)s1.Cn1c(C(=O)Nc2ccc(Cl)cc2-c2nnn[nH]2)cc2cccc(-c3ccc(C(C)(C)C)cc3)c21. The van der Waals surface area contributed by atoms with Gasteiger partial charge in [-0.05, 0) is 105 Å². The van der Waals surface area contributed by atoms with Crippen LogP contribution in [0.25, 0.3) is 66.1 Å². The Morgan fingerprint density at radius 3 is 1.56 bits per heavy atom. The van der Waals surface area contributed by atoms with Crippen molar-refractivity contribution < 1.29 is 9.59 Å². The summed E-state index contributed by atoms with van der Waals surface area (Å²) >= 11 is 14.1. The summed E-state index contributed by atoms with van der Waals surface area (Å²) in [7, 11) is 3.82. The number of carbonyl (C=O) groups is 2. The maximum Gasteiger partial charge on any atom is 0.272 e. The normalized spacial score (nSPS) is 11.5. The van der Waals surface area contributed by atoms with Crippen LogP contribution in [0.15, 0.2) is 121 Å². The van der Waals surface area contributed by atoms with E-state index in [0.717, 1.165) is 38.5 Å². The average Bonchev–Trinajstić information content (AvgIpc) is 4.17. The molecule has 4 N–H and O–H groups in total. The molecule has 0 unspecified atom stereocenters. The summed E-state index contributed by atoms with van der Waals surface area (Å²) in [5.41, 5.74) is 10.1. The second kappa shape index (κ2) is 17.8. The maximum atomic E-state index is 13.4. The van der Waals surface area contributed by atoms with Gasteiger partial charge in [-0.1, -0.05) is 105 Å². The molecule has 330 valence electrons. The third-order valence-corrected chi connectivity index (χ3v) is 12.8. The van der Waals surface area contributed by atoms with E-state index in [4.69, 9.17) is 23.2 Å². The minimum atomic E-state index is -0.242. The number of aryl methyl sites for hydroxylation is 3. The van der Waals surface area contributed by atoms with Gasteiger partial charge in [0.25, 0.3) is 11.8 Å². The van der Waals surface area contributed by atoms with Crippen LogP contribution in [0.5, 0.6) is 0 Å². The minimum Gasteiger partial charge on any atom is -0.339 e. The second-order valence-electron chi connectivity index (χ2n) is 16.7. The number of rotatable bonds is 8. The van der Waals surface area contributed by atoms with E-state index in [0.29, 0.717) is 55.6 Å². The summed E-state index contributed by atoms with van der Waals surface area (Å²) in [6.45, 7) is 8.70. The molecule has 17 heteroatoms. The molecule has 0 aliphatic carbocycles. The molecule has 0 saturated carbocycles. The van der Waals surface area contributed by atoms with Crippen molar-refractivity contribution in [2.75, 3.05) is 10.6 Å². The fraction of sp³-hybridized carbons (Fsp3) is 0.143. The fourth-order valence-corrected chi connectivity index (χ4v) is 9.23. The first kappa shape index (κ1) is 43.8. The lowest BCUT2D eigenvalue weighted by atomic mass is 9.86. The number of amides is 2. The highest BCUT2D eigenvalue weighted by Crippen LogP contribution is 2.37. The number of carbonyl (C=O) groups excluding carboxylic acids is 2. The van der Waals surface area contributed by atoms with Gasteiger partial charge in [-0.15, -0.1) is 21.5 Å². The summed E-state index contributed by atoms with van der Waals surface area (Å²) in [5, 5.41) is 36.8. The van der Waals surface area contributed by atoms with Gasteiger partial charge in [0.05, 0.1) is 22.4 Å². The Labute approximate surface area is 393 Å². The van der Waals surface area contributed by atoms with Gasteiger partial charge < -0.3 is 19.8 Å². The van der Waals surface area contributed by atoms with Crippen molar-refractivity contribution in [1.29, 1.82) is 0 Å². The van der Waals surface area contributed by atoms with Crippen LogP contribution >= 0.6 is 34.5 Å². The number of aromatic amines is 2. The Morgan fingerprint density at radius 2 is 1.11 bits per heavy atom. The van der Waals surface area contributed by atoms with Gasteiger partial charge >= 0.3 is 0 Å². The predicted octanol–water partition coefficient (Wildman–Crippen LogP) is 11.5. The van der Waals surface area contributed by atoms with Crippen molar-refractivity contribution in [2.24, 2.45) is 14.1 Å². The number of tetrazole rings is 2. The number of hydrogen-bond acceptors (Lipinski definition) is 9. The highest BCUT2D eigenvalue weighted by Gasteiger charge is 2.22. The number of nitrogens with one attached hydrogen (secondary N) is 4. The molecule has 66 heavy (non-hydrogen) atoms. The molecule has 0 bridgehead atoms. The molecule has 0 aliphatic rings. The van der Waals surface area contributed by atoms with Crippen LogP contribution in [0.2, 0.25) is 10.0 Å². The number of fused-ring (bicyclic) bond motifs is 2. The van der Waals surface area contributed by atoms with Gasteiger partial charge in [0.1, 0.15) is 11.4 Å². The lowest BCUT2D eigenvalue weighted by Gasteiger charge is -2.19. The molecule has 5 aromatic carbocycles. The first-order valence-electron chi connectivity index (χ1n) is 20.8. The predicted molar refractivity (Wildman–Crippen MR) is 263 cm³/mol. The van der Waals surface area contributed by atoms with E-state index < -0.39 is 0 Å². The van der Waals surface area contributed by atoms with E-state index in [-0.39, 0.29) is 17.2 Å². The van der Waals surface area contributed by atoms with Gasteiger partial charge in [0.2, 0.25) is 0 Å². The van der Waals surface area contributed by atoms with Gasteiger partial charge in [-0.3, -0.25) is 9.59 Å². The molecule has 2 amide bonds. The zero-order valence-electron chi connectivity index (χ0n) is 36.6. The first-order chi connectivity index (χ1) is 31.7. The van der Waals surface area contributed by atoms with E-state index in [2.05, 4.69) is 128 Å². The van der Waals surface area contributed by atoms with Crippen molar-refractivity contribution in [1.82, 2.24) is 50.4 Å². The molecule has 0 aliphatic heterocycles. The summed E-state index contributed by atoms with van der Waals surface area (Å²) in [5.74, 6) is 0.364. The zero-order valence-corrected chi connectivity index (χ0v) is 38.9. The quantitative estimate of drug-likeness (QED) is 0.116. The van der Waals surface area contributed by atoms with Crippen LogP contribution in [-0.4, -0.2) is 62.2 Å². The largest absolute Gasteiger partial charge is 0.339 e. The van der Waals surface area contributed by atoms with Crippen molar-refractivity contribution >= 4 is 79.5 Å². The molecular formula is C49H42Cl2N12O2S. The molecule has 5 aromatic heterocycles. The molecule has 0 saturated heterocycles. The lowest BCUT2D eigenvalue weighted by Crippen LogP contribution is -2.16. The van der Waals surface area contributed by atoms with Gasteiger partial charge in [-0.2, -0.15) is 0 Å². The number of thiophene rings is 1. The highest BCUT2D eigenvalue weighted by atomic mass is 35.5. The zero-order chi connectivity index (χ0) is 46.3. The second-order valence-corrected chi connectivity index (χ2v) is 18.9. The topological polar surface area (TPSA) is 177 Å². The Kier molecular flexibility index (Phi) is 11.8. The Hall–Kier alpha value is -7.46. The van der Waals surface area contributed by atoms with E-state index in [1.807, 2.05) is 59.6 Å². The standard InChI is InChI=1S/C27H25ClN6O.C22H17ClN6OS/c1-27(2,3)18-10-8-16(9-11-18)20-7-5-6-17-14-23(34(4)24(17)20)26(35)29-22-13-12-19(28)15-21(22)25-30-32-33-31-25;1-12-6-9-19(31-12)15-5-3-4-13-10-18(29(2)20(13)15)22(30)24-17-8-7-14(23)11-16(17)21-25-27-28-26-21/h5-15H,1-4H3,(H,29,35)(H,30,31,32,33);3-11H,1-2H3,(H,24,30)(H,25,26,27,28). The number of anilines is 2. The first-order valence-corrected chi connectivity index (χ1v) is 22.4. The molecule has 5 heterocycles. The van der Waals surface area contributed by atoms with Gasteiger partial charge in [-0.25, -0.2) is 10.2 Å². The van der Waals surface area contributed by atoms with E-state index >= 15 is 0 Å². The number of nitrogens with zero attached hydrogens (tertiary/aromatic N) is 8. The molecule has 14 nitrogen and oxygen atoms in total. The monoisotopic (exact) mass is 932 g/mol. The number of hydrogen-bond donors (Lipinski definition) is 4. The minimum absolute atomic E-state index is 0.0864. The number of halogens is 2. The molecule has 0 fully saturated rings. The van der Waals surface area contributed by atoms with E-state index in [9.17, 15) is 9.59 Å². The third-order valence-electron chi connectivity index (χ3n) is 11.3. The number of aromatic nitrogens is 10. The summed E-state index contributed by atoms with van der Waals surface area (Å²) in [4.78, 5) is 29.0. The fourth-order valence-electron chi connectivity index (χ4n) is 7.99. The van der Waals surface area contributed by atoms with E-state index in [1.165, 1.54) is 15.3 Å². The molecule has 0 atom stereocenters. The smallest absolute Gasteiger partial charge is 0.272 e.